The van der Waals surface area contributed by atoms with E-state index in [9.17, 15) is 4.79 Å². The Balaban J connectivity index is 1.86. The molecular weight excluding hydrogens is 252 g/mol. The lowest BCUT2D eigenvalue weighted by Crippen LogP contribution is -2.40. The number of aromatic nitrogens is 2. The molecule has 5 heteroatoms. The Bertz CT molecular complexity index is 480. The lowest BCUT2D eigenvalue weighted by Gasteiger charge is -2.22. The van der Waals surface area contributed by atoms with Crippen molar-refractivity contribution >= 4 is 5.91 Å². The Kier molecular flexibility index (Phi) is 4.81. The van der Waals surface area contributed by atoms with Gasteiger partial charge in [-0.1, -0.05) is 6.92 Å². The zero-order valence-corrected chi connectivity index (χ0v) is 13.1. The third-order valence-corrected chi connectivity index (χ3v) is 4.44. The number of hydrogen-bond donors (Lipinski definition) is 1. The molecule has 0 unspecified atom stereocenters. The van der Waals surface area contributed by atoms with Crippen LogP contribution < -0.4 is 5.32 Å². The SMILES string of the molecule is CCN1CCC[C@H]1CNC(=O)Cc1c(C)nn(C)c1C. The van der Waals surface area contributed by atoms with Crippen LogP contribution in [0.4, 0.5) is 0 Å². The van der Waals surface area contributed by atoms with Crippen LogP contribution in [0.3, 0.4) is 0 Å². The minimum Gasteiger partial charge on any atom is -0.354 e. The highest BCUT2D eigenvalue weighted by Gasteiger charge is 2.23. The van der Waals surface area contributed by atoms with Gasteiger partial charge in [-0.25, -0.2) is 0 Å². The lowest BCUT2D eigenvalue weighted by atomic mass is 10.1. The first-order valence-corrected chi connectivity index (χ1v) is 7.52. The van der Waals surface area contributed by atoms with Crippen molar-refractivity contribution in [1.29, 1.82) is 0 Å². The van der Waals surface area contributed by atoms with Crippen molar-refractivity contribution in [3.05, 3.63) is 17.0 Å². The summed E-state index contributed by atoms with van der Waals surface area (Å²) >= 11 is 0. The van der Waals surface area contributed by atoms with Crippen LogP contribution in [-0.2, 0) is 18.3 Å². The number of aryl methyl sites for hydroxylation is 2. The fraction of sp³-hybridized carbons (Fsp3) is 0.733. The van der Waals surface area contributed by atoms with Gasteiger partial charge in [-0.05, 0) is 39.8 Å². The van der Waals surface area contributed by atoms with Crippen LogP contribution in [0.2, 0.25) is 0 Å². The van der Waals surface area contributed by atoms with Crippen molar-refractivity contribution in [2.45, 2.75) is 46.1 Å². The van der Waals surface area contributed by atoms with Gasteiger partial charge in [0.15, 0.2) is 0 Å². The van der Waals surface area contributed by atoms with Crippen molar-refractivity contribution in [3.8, 4) is 0 Å². The Hall–Kier alpha value is -1.36. The van der Waals surface area contributed by atoms with Crippen LogP contribution in [0, 0.1) is 13.8 Å². The molecule has 0 aliphatic carbocycles. The van der Waals surface area contributed by atoms with Crippen molar-refractivity contribution in [2.75, 3.05) is 19.6 Å². The standard InChI is InChI=1S/C15H26N4O/c1-5-19-8-6-7-13(19)10-16-15(20)9-14-11(2)17-18(4)12(14)3/h13H,5-10H2,1-4H3,(H,16,20)/t13-/m0/s1. The predicted molar refractivity (Wildman–Crippen MR) is 79.7 cm³/mol. The van der Waals surface area contributed by atoms with Crippen LogP contribution in [0.15, 0.2) is 0 Å². The molecule has 2 heterocycles. The Morgan fingerprint density at radius 2 is 2.20 bits per heavy atom. The summed E-state index contributed by atoms with van der Waals surface area (Å²) in [6.45, 7) is 9.16. The average molecular weight is 278 g/mol. The van der Waals surface area contributed by atoms with Crippen LogP contribution in [-0.4, -0.2) is 46.3 Å². The molecule has 2 rings (SSSR count). The van der Waals surface area contributed by atoms with E-state index in [0.29, 0.717) is 12.5 Å². The Morgan fingerprint density at radius 1 is 1.45 bits per heavy atom. The molecule has 1 aromatic rings. The molecule has 1 saturated heterocycles. The Labute approximate surface area is 121 Å². The van der Waals surface area contributed by atoms with E-state index in [-0.39, 0.29) is 5.91 Å². The molecular formula is C15H26N4O. The maximum Gasteiger partial charge on any atom is 0.224 e. The number of carbonyl (C=O) groups excluding carboxylic acids is 1. The highest BCUT2D eigenvalue weighted by molar-refractivity contribution is 5.79. The maximum atomic E-state index is 12.1. The van der Waals surface area contributed by atoms with Gasteiger partial charge in [-0.2, -0.15) is 5.10 Å². The van der Waals surface area contributed by atoms with Gasteiger partial charge in [0.05, 0.1) is 12.1 Å². The smallest absolute Gasteiger partial charge is 0.224 e. The summed E-state index contributed by atoms with van der Waals surface area (Å²) in [6.07, 6.45) is 2.87. The molecule has 112 valence electrons. The van der Waals surface area contributed by atoms with Gasteiger partial charge < -0.3 is 5.32 Å². The summed E-state index contributed by atoms with van der Waals surface area (Å²) in [5.74, 6) is 0.104. The summed E-state index contributed by atoms with van der Waals surface area (Å²) in [6, 6.07) is 0.514. The molecule has 0 radical (unpaired) electrons. The van der Waals surface area contributed by atoms with E-state index >= 15 is 0 Å². The van der Waals surface area contributed by atoms with E-state index in [2.05, 4.69) is 22.2 Å². The quantitative estimate of drug-likeness (QED) is 0.880. The molecule has 5 nitrogen and oxygen atoms in total. The molecule has 1 atom stereocenters. The minimum absolute atomic E-state index is 0.104. The first-order chi connectivity index (χ1) is 9.52. The highest BCUT2D eigenvalue weighted by atomic mass is 16.1. The van der Waals surface area contributed by atoms with Crippen LogP contribution in [0.5, 0.6) is 0 Å². The third kappa shape index (κ3) is 3.20. The molecule has 20 heavy (non-hydrogen) atoms. The molecule has 0 aromatic carbocycles. The highest BCUT2D eigenvalue weighted by Crippen LogP contribution is 2.16. The molecule has 0 spiro atoms. The summed E-state index contributed by atoms with van der Waals surface area (Å²) in [4.78, 5) is 14.6. The van der Waals surface area contributed by atoms with Gasteiger partial charge >= 0.3 is 0 Å². The number of nitrogens with zero attached hydrogens (tertiary/aromatic N) is 3. The van der Waals surface area contributed by atoms with Crippen LogP contribution in [0.25, 0.3) is 0 Å². The first kappa shape index (κ1) is 15.0. The van der Waals surface area contributed by atoms with Gasteiger partial charge in [-0.15, -0.1) is 0 Å². The van der Waals surface area contributed by atoms with E-state index < -0.39 is 0 Å². The van der Waals surface area contributed by atoms with Crippen LogP contribution >= 0.6 is 0 Å². The summed E-state index contributed by atoms with van der Waals surface area (Å²) in [5.41, 5.74) is 3.09. The van der Waals surface area contributed by atoms with Gasteiger partial charge in [-0.3, -0.25) is 14.4 Å². The van der Waals surface area contributed by atoms with Gasteiger partial charge in [0.2, 0.25) is 5.91 Å². The molecule has 1 N–H and O–H groups in total. The van der Waals surface area contributed by atoms with Crippen molar-refractivity contribution in [1.82, 2.24) is 20.0 Å². The number of likely N-dealkylation sites (N-methyl/N-ethyl adjacent to an activating group) is 1. The largest absolute Gasteiger partial charge is 0.354 e. The number of hydrogen-bond acceptors (Lipinski definition) is 3. The van der Waals surface area contributed by atoms with E-state index in [1.165, 1.54) is 12.8 Å². The van der Waals surface area contributed by atoms with E-state index in [1.807, 2.05) is 25.6 Å². The number of rotatable bonds is 5. The molecule has 1 fully saturated rings. The molecule has 1 aliphatic rings. The predicted octanol–water partition coefficient (Wildman–Crippen LogP) is 1.18. The molecule has 1 aliphatic heterocycles. The maximum absolute atomic E-state index is 12.1. The summed E-state index contributed by atoms with van der Waals surface area (Å²) < 4.78 is 1.84. The number of likely N-dealkylation sites (tertiary alicyclic amines) is 1. The third-order valence-electron chi connectivity index (χ3n) is 4.44. The van der Waals surface area contributed by atoms with Gasteiger partial charge in [0.25, 0.3) is 0 Å². The summed E-state index contributed by atoms with van der Waals surface area (Å²) in [5, 5.41) is 7.44. The molecule has 0 bridgehead atoms. The second-order valence-electron chi connectivity index (χ2n) is 5.68. The number of carbonyl (C=O) groups is 1. The number of amides is 1. The summed E-state index contributed by atoms with van der Waals surface area (Å²) in [7, 11) is 1.92. The normalized spacial score (nSPS) is 19.5. The zero-order chi connectivity index (χ0) is 14.7. The van der Waals surface area contributed by atoms with E-state index in [0.717, 1.165) is 36.6 Å². The second kappa shape index (κ2) is 6.39. The first-order valence-electron chi connectivity index (χ1n) is 7.52. The fourth-order valence-electron chi connectivity index (χ4n) is 3.07. The fourth-order valence-corrected chi connectivity index (χ4v) is 3.07. The van der Waals surface area contributed by atoms with Gasteiger partial charge in [0, 0.05) is 30.9 Å². The molecule has 1 aromatic heterocycles. The van der Waals surface area contributed by atoms with Crippen molar-refractivity contribution in [3.63, 3.8) is 0 Å². The van der Waals surface area contributed by atoms with Crippen LogP contribution in [0.1, 0.15) is 36.7 Å². The van der Waals surface area contributed by atoms with Crippen molar-refractivity contribution in [2.24, 2.45) is 7.05 Å². The van der Waals surface area contributed by atoms with Crippen molar-refractivity contribution < 1.29 is 4.79 Å². The zero-order valence-electron chi connectivity index (χ0n) is 13.1. The molecule has 1 amide bonds. The van der Waals surface area contributed by atoms with E-state index in [1.54, 1.807) is 0 Å². The average Bonchev–Trinajstić information content (AvgIpc) is 2.96. The number of nitrogens with one attached hydrogen (secondary N) is 1. The monoisotopic (exact) mass is 278 g/mol. The van der Waals surface area contributed by atoms with E-state index in [4.69, 9.17) is 0 Å². The molecule has 0 saturated carbocycles. The topological polar surface area (TPSA) is 50.2 Å². The Morgan fingerprint density at radius 3 is 2.80 bits per heavy atom. The second-order valence-corrected chi connectivity index (χ2v) is 5.68. The van der Waals surface area contributed by atoms with Gasteiger partial charge in [0.1, 0.15) is 0 Å². The minimum atomic E-state index is 0.104. The lowest BCUT2D eigenvalue weighted by molar-refractivity contribution is -0.120.